The number of hydrogen-bond donors (Lipinski definition) is 2. The Morgan fingerprint density at radius 1 is 1.67 bits per heavy atom. The van der Waals surface area contributed by atoms with E-state index < -0.39 is 0 Å². The van der Waals surface area contributed by atoms with E-state index in [1.54, 1.807) is 0 Å². The largest absolute Gasteiger partial charge is 0.330 e. The van der Waals surface area contributed by atoms with Crippen molar-refractivity contribution in [3.05, 3.63) is 0 Å². The Balaban J connectivity index is 2.41. The van der Waals surface area contributed by atoms with E-state index in [1.165, 1.54) is 0 Å². The highest BCUT2D eigenvalue weighted by molar-refractivity contribution is 5.55. The van der Waals surface area contributed by atoms with Crippen molar-refractivity contribution in [3.63, 3.8) is 0 Å². The number of carbonyl (C=O) groups is 1. The van der Waals surface area contributed by atoms with E-state index in [1.807, 2.05) is 0 Å². The SMILES string of the molecule is NCC1CNCC1C=O. The summed E-state index contributed by atoms with van der Waals surface area (Å²) in [4.78, 5) is 10.3. The van der Waals surface area contributed by atoms with Crippen LogP contribution in [0.2, 0.25) is 0 Å². The molecule has 3 N–H and O–H groups in total. The molecule has 0 aromatic heterocycles. The van der Waals surface area contributed by atoms with E-state index in [4.69, 9.17) is 5.73 Å². The van der Waals surface area contributed by atoms with Gasteiger partial charge in [-0.15, -0.1) is 0 Å². The second kappa shape index (κ2) is 2.94. The van der Waals surface area contributed by atoms with E-state index in [2.05, 4.69) is 5.32 Å². The fraction of sp³-hybridized carbons (Fsp3) is 0.833. The third kappa shape index (κ3) is 1.28. The van der Waals surface area contributed by atoms with Gasteiger partial charge in [0.25, 0.3) is 0 Å². The molecule has 1 aliphatic heterocycles. The van der Waals surface area contributed by atoms with Crippen molar-refractivity contribution in [2.75, 3.05) is 19.6 Å². The van der Waals surface area contributed by atoms with Gasteiger partial charge in [0.2, 0.25) is 0 Å². The monoisotopic (exact) mass is 128 g/mol. The molecule has 3 heteroatoms. The average Bonchev–Trinajstić information content (AvgIpc) is 2.33. The molecule has 1 saturated heterocycles. The topological polar surface area (TPSA) is 55.1 Å². The molecule has 1 heterocycles. The van der Waals surface area contributed by atoms with Gasteiger partial charge in [-0.1, -0.05) is 0 Å². The summed E-state index contributed by atoms with van der Waals surface area (Å²) in [5.74, 6) is 0.539. The molecule has 0 saturated carbocycles. The smallest absolute Gasteiger partial charge is 0.124 e. The molecule has 1 rings (SSSR count). The molecule has 2 atom stereocenters. The summed E-state index contributed by atoms with van der Waals surface area (Å²) in [6, 6.07) is 0. The van der Waals surface area contributed by atoms with Gasteiger partial charge in [0.05, 0.1) is 0 Å². The van der Waals surface area contributed by atoms with Crippen LogP contribution in [0.3, 0.4) is 0 Å². The minimum absolute atomic E-state index is 0.162. The summed E-state index contributed by atoms with van der Waals surface area (Å²) in [6.07, 6.45) is 0.998. The number of rotatable bonds is 2. The zero-order valence-corrected chi connectivity index (χ0v) is 5.34. The maximum atomic E-state index is 10.3. The molecular formula is C6H12N2O. The standard InChI is InChI=1S/C6H12N2O/c7-1-5-2-8-3-6(5)4-9/h4-6,8H,1-3,7H2. The van der Waals surface area contributed by atoms with E-state index in [0.717, 1.165) is 19.4 Å². The second-order valence-electron chi connectivity index (χ2n) is 2.45. The van der Waals surface area contributed by atoms with Crippen LogP contribution in [0.15, 0.2) is 0 Å². The van der Waals surface area contributed by atoms with E-state index >= 15 is 0 Å². The number of nitrogens with two attached hydrogens (primary N) is 1. The van der Waals surface area contributed by atoms with Gasteiger partial charge in [-0.05, 0) is 19.0 Å². The van der Waals surface area contributed by atoms with Gasteiger partial charge in [0, 0.05) is 12.5 Å². The minimum atomic E-state index is 0.162. The lowest BCUT2D eigenvalue weighted by Gasteiger charge is -2.07. The second-order valence-corrected chi connectivity index (χ2v) is 2.45. The first kappa shape index (κ1) is 6.71. The number of nitrogens with one attached hydrogen (secondary N) is 1. The normalized spacial score (nSPS) is 34.8. The van der Waals surface area contributed by atoms with E-state index in [-0.39, 0.29) is 5.92 Å². The molecule has 1 fully saturated rings. The fourth-order valence-electron chi connectivity index (χ4n) is 1.17. The van der Waals surface area contributed by atoms with E-state index in [0.29, 0.717) is 12.5 Å². The Bertz CT molecular complexity index is 105. The zero-order chi connectivity index (χ0) is 6.69. The van der Waals surface area contributed by atoms with Gasteiger partial charge < -0.3 is 15.8 Å². The molecule has 9 heavy (non-hydrogen) atoms. The van der Waals surface area contributed by atoms with Crippen LogP contribution >= 0.6 is 0 Å². The van der Waals surface area contributed by atoms with Gasteiger partial charge in [0.1, 0.15) is 6.29 Å². The van der Waals surface area contributed by atoms with Crippen molar-refractivity contribution < 1.29 is 4.79 Å². The van der Waals surface area contributed by atoms with Crippen LogP contribution in [0, 0.1) is 11.8 Å². The number of hydrogen-bond acceptors (Lipinski definition) is 3. The molecule has 0 aromatic carbocycles. The summed E-state index contributed by atoms with van der Waals surface area (Å²) < 4.78 is 0. The van der Waals surface area contributed by atoms with Crippen molar-refractivity contribution in [1.82, 2.24) is 5.32 Å². The predicted molar refractivity (Wildman–Crippen MR) is 35.0 cm³/mol. The van der Waals surface area contributed by atoms with Crippen LogP contribution in [-0.4, -0.2) is 25.9 Å². The highest BCUT2D eigenvalue weighted by Crippen LogP contribution is 2.11. The lowest BCUT2D eigenvalue weighted by Crippen LogP contribution is -2.22. The van der Waals surface area contributed by atoms with E-state index in [9.17, 15) is 4.79 Å². The summed E-state index contributed by atoms with van der Waals surface area (Å²) in [5, 5.41) is 3.11. The lowest BCUT2D eigenvalue weighted by molar-refractivity contribution is -0.111. The molecule has 1 aliphatic rings. The summed E-state index contributed by atoms with van der Waals surface area (Å²) in [6.45, 7) is 2.34. The number of aldehydes is 1. The third-order valence-electron chi connectivity index (χ3n) is 1.87. The van der Waals surface area contributed by atoms with Crippen molar-refractivity contribution in [1.29, 1.82) is 0 Å². The first-order valence-corrected chi connectivity index (χ1v) is 3.24. The maximum Gasteiger partial charge on any atom is 0.124 e. The fourth-order valence-corrected chi connectivity index (χ4v) is 1.17. The van der Waals surface area contributed by atoms with Gasteiger partial charge >= 0.3 is 0 Å². The van der Waals surface area contributed by atoms with Crippen LogP contribution in [0.5, 0.6) is 0 Å². The summed E-state index contributed by atoms with van der Waals surface area (Å²) >= 11 is 0. The van der Waals surface area contributed by atoms with Crippen LogP contribution in [-0.2, 0) is 4.79 Å². The first-order valence-electron chi connectivity index (χ1n) is 3.24. The molecule has 52 valence electrons. The highest BCUT2D eigenvalue weighted by atomic mass is 16.1. The van der Waals surface area contributed by atoms with Crippen molar-refractivity contribution in [2.24, 2.45) is 17.6 Å². The molecule has 0 radical (unpaired) electrons. The first-order chi connectivity index (χ1) is 4.38. The average molecular weight is 128 g/mol. The summed E-state index contributed by atoms with van der Waals surface area (Å²) in [7, 11) is 0. The predicted octanol–water partition coefficient (Wildman–Crippen LogP) is -1.02. The zero-order valence-electron chi connectivity index (χ0n) is 5.34. The number of carbonyl (C=O) groups excluding carboxylic acids is 1. The highest BCUT2D eigenvalue weighted by Gasteiger charge is 2.24. The van der Waals surface area contributed by atoms with Crippen molar-refractivity contribution in [2.45, 2.75) is 0 Å². The third-order valence-corrected chi connectivity index (χ3v) is 1.87. The molecular weight excluding hydrogens is 116 g/mol. The molecule has 0 aliphatic carbocycles. The van der Waals surface area contributed by atoms with Gasteiger partial charge in [-0.25, -0.2) is 0 Å². The van der Waals surface area contributed by atoms with Gasteiger partial charge in [-0.3, -0.25) is 0 Å². The van der Waals surface area contributed by atoms with Crippen LogP contribution in [0.4, 0.5) is 0 Å². The van der Waals surface area contributed by atoms with Crippen LogP contribution < -0.4 is 11.1 Å². The Kier molecular flexibility index (Phi) is 2.19. The van der Waals surface area contributed by atoms with Crippen molar-refractivity contribution in [3.8, 4) is 0 Å². The molecule has 0 amide bonds. The van der Waals surface area contributed by atoms with Crippen LogP contribution in [0.1, 0.15) is 0 Å². The summed E-state index contributed by atoms with van der Waals surface area (Å²) in [5.41, 5.74) is 5.40. The molecule has 2 unspecified atom stereocenters. The van der Waals surface area contributed by atoms with Gasteiger partial charge in [0.15, 0.2) is 0 Å². The molecule has 0 bridgehead atoms. The van der Waals surface area contributed by atoms with Crippen LogP contribution in [0.25, 0.3) is 0 Å². The molecule has 0 spiro atoms. The van der Waals surface area contributed by atoms with Gasteiger partial charge in [-0.2, -0.15) is 0 Å². The Morgan fingerprint density at radius 3 is 2.89 bits per heavy atom. The molecule has 0 aromatic rings. The van der Waals surface area contributed by atoms with Crippen molar-refractivity contribution >= 4 is 6.29 Å². The maximum absolute atomic E-state index is 10.3. The lowest BCUT2D eigenvalue weighted by atomic mass is 9.98. The Morgan fingerprint density at radius 2 is 2.44 bits per heavy atom. The Labute approximate surface area is 54.6 Å². The molecule has 3 nitrogen and oxygen atoms in total. The quantitative estimate of drug-likeness (QED) is 0.468. The Hall–Kier alpha value is -0.410. The minimum Gasteiger partial charge on any atom is -0.330 e.